The van der Waals surface area contributed by atoms with Crippen LogP contribution >= 0.6 is 0 Å². The van der Waals surface area contributed by atoms with E-state index in [0.717, 1.165) is 35.4 Å². The zero-order chi connectivity index (χ0) is 24.9. The first-order valence-corrected chi connectivity index (χ1v) is 11.4. The third-order valence-electron chi connectivity index (χ3n) is 5.60. The zero-order valence-electron chi connectivity index (χ0n) is 20.8. The Morgan fingerprint density at radius 3 is 2.66 bits per heavy atom. The van der Waals surface area contributed by atoms with Crippen LogP contribution in [-0.4, -0.2) is 72.6 Å². The lowest BCUT2D eigenvalue weighted by atomic mass is 10.2. The average Bonchev–Trinajstić information content (AvgIpc) is 3.26. The number of ether oxygens (including phenoxy) is 2. The minimum Gasteiger partial charge on any atom is -0.494 e. The number of anilines is 4. The molecule has 0 fully saturated rings. The van der Waals surface area contributed by atoms with E-state index in [9.17, 15) is 0 Å². The molecule has 35 heavy (non-hydrogen) atoms. The smallest absolute Gasteiger partial charge is 0.229 e. The number of hydrogen-bond acceptors (Lipinski definition) is 9. The number of nitrogen functional groups attached to an aromatic ring is 1. The molecule has 0 radical (unpaired) electrons. The Morgan fingerprint density at radius 2 is 1.91 bits per heavy atom. The molecule has 0 aliphatic heterocycles. The second-order valence-corrected chi connectivity index (χ2v) is 8.41. The molecule has 3 N–H and O–H groups in total. The van der Waals surface area contributed by atoms with Crippen LogP contribution in [0.3, 0.4) is 0 Å². The van der Waals surface area contributed by atoms with Crippen molar-refractivity contribution < 1.29 is 9.47 Å². The van der Waals surface area contributed by atoms with E-state index in [1.165, 1.54) is 0 Å². The van der Waals surface area contributed by atoms with Crippen molar-refractivity contribution >= 4 is 33.9 Å². The van der Waals surface area contributed by atoms with Crippen molar-refractivity contribution in [1.82, 2.24) is 24.6 Å². The molecule has 0 aliphatic carbocycles. The molecule has 0 aliphatic rings. The molecule has 0 saturated carbocycles. The Bertz CT molecular complexity index is 1300. The lowest BCUT2D eigenvalue weighted by Crippen LogP contribution is -2.29. The van der Waals surface area contributed by atoms with Crippen LogP contribution < -0.4 is 25.4 Å². The monoisotopic (exact) mass is 476 g/mol. The van der Waals surface area contributed by atoms with Gasteiger partial charge < -0.3 is 30.3 Å². The van der Waals surface area contributed by atoms with Crippen molar-refractivity contribution in [2.75, 3.05) is 63.9 Å². The fourth-order valence-corrected chi connectivity index (χ4v) is 3.75. The molecule has 0 unspecified atom stereocenters. The van der Waals surface area contributed by atoms with Crippen LogP contribution in [-0.2, 0) is 0 Å². The molecule has 4 aromatic rings. The van der Waals surface area contributed by atoms with Gasteiger partial charge in [0, 0.05) is 43.9 Å². The number of nitrogens with two attached hydrogens (primary N) is 1. The van der Waals surface area contributed by atoms with Crippen molar-refractivity contribution in [1.29, 1.82) is 0 Å². The molecule has 10 heteroatoms. The van der Waals surface area contributed by atoms with E-state index in [2.05, 4.69) is 30.2 Å². The number of nitrogens with zero attached hydrogens (tertiary/aromatic N) is 6. The summed E-state index contributed by atoms with van der Waals surface area (Å²) in [7, 11) is 7.73. The highest BCUT2D eigenvalue weighted by Crippen LogP contribution is 2.36. The molecule has 184 valence electrons. The molecule has 0 amide bonds. The van der Waals surface area contributed by atoms with Crippen LogP contribution in [0.2, 0.25) is 0 Å². The highest BCUT2D eigenvalue weighted by atomic mass is 16.5. The van der Waals surface area contributed by atoms with Crippen LogP contribution in [0, 0.1) is 0 Å². The summed E-state index contributed by atoms with van der Waals surface area (Å²) < 4.78 is 13.0. The van der Waals surface area contributed by atoms with E-state index in [1.54, 1.807) is 24.2 Å². The molecule has 2 aromatic heterocycles. The summed E-state index contributed by atoms with van der Waals surface area (Å²) in [5.74, 6) is 2.50. The number of hydrogen-bond donors (Lipinski definition) is 2. The Hall–Kier alpha value is -4.05. The largest absolute Gasteiger partial charge is 0.494 e. The van der Waals surface area contributed by atoms with Gasteiger partial charge in [0.25, 0.3) is 0 Å². The van der Waals surface area contributed by atoms with Crippen molar-refractivity contribution in [3.63, 3.8) is 0 Å². The van der Waals surface area contributed by atoms with Gasteiger partial charge in [-0.1, -0.05) is 0 Å². The van der Waals surface area contributed by atoms with Gasteiger partial charge in [-0.3, -0.25) is 0 Å². The molecule has 0 saturated heterocycles. The number of rotatable bonds is 10. The van der Waals surface area contributed by atoms with Crippen LogP contribution in [0.15, 0.2) is 48.8 Å². The first-order chi connectivity index (χ1) is 16.9. The molecule has 2 heterocycles. The molecule has 4 rings (SSSR count). The van der Waals surface area contributed by atoms with Crippen molar-refractivity contribution in [2.45, 2.75) is 6.92 Å². The van der Waals surface area contributed by atoms with Gasteiger partial charge in [-0.15, -0.1) is 0 Å². The predicted molar refractivity (Wildman–Crippen MR) is 140 cm³/mol. The number of methoxy groups -OCH3 is 1. The average molecular weight is 477 g/mol. The number of benzene rings is 2. The molecular formula is C25H32N8O2. The van der Waals surface area contributed by atoms with Gasteiger partial charge in [0.2, 0.25) is 5.95 Å². The zero-order valence-corrected chi connectivity index (χ0v) is 20.8. The van der Waals surface area contributed by atoms with Gasteiger partial charge in [0.15, 0.2) is 5.82 Å². The van der Waals surface area contributed by atoms with Crippen LogP contribution in [0.25, 0.3) is 16.7 Å². The van der Waals surface area contributed by atoms with E-state index in [0.29, 0.717) is 35.5 Å². The van der Waals surface area contributed by atoms with Gasteiger partial charge in [-0.25, -0.2) is 9.67 Å². The summed E-state index contributed by atoms with van der Waals surface area (Å²) in [6.07, 6.45) is 3.48. The van der Waals surface area contributed by atoms with Crippen LogP contribution in [0.5, 0.6) is 11.5 Å². The van der Waals surface area contributed by atoms with E-state index >= 15 is 0 Å². The molecule has 0 atom stereocenters. The highest BCUT2D eigenvalue weighted by molar-refractivity contribution is 5.82. The van der Waals surface area contributed by atoms with E-state index in [4.69, 9.17) is 15.2 Å². The standard InChI is InChI=1S/C25H32N8O2/c1-6-35-18-7-8-21-17(13-18)16-28-33(21)24-9-10-27-25(30-24)29-20-14-19(26)22(15-23(20)34-5)32(4)12-11-31(2)3/h7-10,13-16H,6,11-12,26H2,1-5H3,(H,27,29,30). The van der Waals surface area contributed by atoms with Crippen LogP contribution in [0.4, 0.5) is 23.0 Å². The quantitative estimate of drug-likeness (QED) is 0.332. The number of fused-ring (bicyclic) bond motifs is 1. The third kappa shape index (κ3) is 5.38. The lowest BCUT2D eigenvalue weighted by Gasteiger charge is -2.24. The van der Waals surface area contributed by atoms with E-state index in [-0.39, 0.29) is 0 Å². The Kier molecular flexibility index (Phi) is 7.21. The van der Waals surface area contributed by atoms with Crippen molar-refractivity contribution in [3.05, 3.63) is 48.8 Å². The maximum Gasteiger partial charge on any atom is 0.229 e. The Morgan fingerprint density at radius 1 is 1.09 bits per heavy atom. The topological polar surface area (TPSA) is 107 Å². The SMILES string of the molecule is CCOc1ccc2c(cnn2-c2ccnc(Nc3cc(N)c(N(C)CCN(C)C)cc3OC)n2)c1. The summed E-state index contributed by atoms with van der Waals surface area (Å²) in [5, 5.41) is 8.72. The molecule has 0 spiro atoms. The van der Waals surface area contributed by atoms with Gasteiger partial charge in [0.1, 0.15) is 11.5 Å². The number of nitrogens with one attached hydrogen (secondary N) is 1. The van der Waals surface area contributed by atoms with Gasteiger partial charge in [-0.2, -0.15) is 10.1 Å². The van der Waals surface area contributed by atoms with Crippen molar-refractivity contribution in [3.8, 4) is 17.3 Å². The Balaban J connectivity index is 1.60. The lowest BCUT2D eigenvalue weighted by molar-refractivity contribution is 0.340. The highest BCUT2D eigenvalue weighted by Gasteiger charge is 2.14. The van der Waals surface area contributed by atoms with Crippen molar-refractivity contribution in [2.24, 2.45) is 0 Å². The fraction of sp³-hybridized carbons (Fsp3) is 0.320. The predicted octanol–water partition coefficient (Wildman–Crippen LogP) is 3.55. The second-order valence-electron chi connectivity index (χ2n) is 8.41. The van der Waals surface area contributed by atoms with Crippen LogP contribution in [0.1, 0.15) is 6.92 Å². The fourth-order valence-electron chi connectivity index (χ4n) is 3.75. The summed E-state index contributed by atoms with van der Waals surface area (Å²) >= 11 is 0. The second kappa shape index (κ2) is 10.5. The number of aromatic nitrogens is 4. The minimum atomic E-state index is 0.406. The molecule has 10 nitrogen and oxygen atoms in total. The third-order valence-corrected chi connectivity index (χ3v) is 5.60. The maximum absolute atomic E-state index is 6.39. The molecule has 2 aromatic carbocycles. The van der Waals surface area contributed by atoms with E-state index in [1.807, 2.05) is 64.5 Å². The normalized spacial score (nSPS) is 11.1. The minimum absolute atomic E-state index is 0.406. The summed E-state index contributed by atoms with van der Waals surface area (Å²) in [5.41, 5.74) is 9.53. The number of likely N-dealkylation sites (N-methyl/N-ethyl adjacent to an activating group) is 2. The first-order valence-electron chi connectivity index (χ1n) is 11.4. The molecular weight excluding hydrogens is 444 g/mol. The Labute approximate surface area is 205 Å². The summed E-state index contributed by atoms with van der Waals surface area (Å²) in [4.78, 5) is 13.3. The van der Waals surface area contributed by atoms with Gasteiger partial charge >= 0.3 is 0 Å². The summed E-state index contributed by atoms with van der Waals surface area (Å²) in [6, 6.07) is 11.4. The van der Waals surface area contributed by atoms with Gasteiger partial charge in [-0.05, 0) is 45.3 Å². The maximum atomic E-state index is 6.39. The first kappa shape index (κ1) is 24.1. The van der Waals surface area contributed by atoms with Gasteiger partial charge in [0.05, 0.1) is 42.5 Å². The molecule has 0 bridgehead atoms. The summed E-state index contributed by atoms with van der Waals surface area (Å²) in [6.45, 7) is 4.32. The van der Waals surface area contributed by atoms with E-state index < -0.39 is 0 Å².